The van der Waals surface area contributed by atoms with Crippen LogP contribution in [0.15, 0.2) is 18.2 Å². The van der Waals surface area contributed by atoms with Gasteiger partial charge in [0.1, 0.15) is 5.82 Å². The van der Waals surface area contributed by atoms with Gasteiger partial charge in [-0.05, 0) is 64.5 Å². The Morgan fingerprint density at radius 3 is 2.76 bits per heavy atom. The zero-order chi connectivity index (χ0) is 26.7. The molecule has 1 saturated heterocycles. The lowest BCUT2D eigenvalue weighted by atomic mass is 9.74. The van der Waals surface area contributed by atoms with E-state index in [0.29, 0.717) is 45.1 Å². The molecule has 2 aliphatic rings. The first-order valence-electron chi connectivity index (χ1n) is 14.3. The van der Waals surface area contributed by atoms with E-state index in [2.05, 4.69) is 10.6 Å². The number of nitrogens with zero attached hydrogens (tertiary/aromatic N) is 1. The van der Waals surface area contributed by atoms with Crippen LogP contribution >= 0.6 is 11.6 Å². The van der Waals surface area contributed by atoms with Gasteiger partial charge in [-0.3, -0.25) is 0 Å². The highest BCUT2D eigenvalue weighted by Gasteiger charge is 2.43. The van der Waals surface area contributed by atoms with Crippen LogP contribution in [0, 0.1) is 17.7 Å². The first kappa shape index (κ1) is 30.1. The number of carbonyl (C=O) groups is 1. The largest absolute Gasteiger partial charge is 0.385 e. The van der Waals surface area contributed by atoms with Crippen LogP contribution < -0.4 is 10.6 Å². The number of ether oxygens (including phenoxy) is 1. The number of urea groups is 1. The summed E-state index contributed by atoms with van der Waals surface area (Å²) in [5, 5.41) is 18.5. The monoisotopic (exact) mass is 539 g/mol. The van der Waals surface area contributed by atoms with Crippen molar-refractivity contribution in [2.45, 2.75) is 89.2 Å². The van der Waals surface area contributed by atoms with E-state index in [4.69, 9.17) is 16.3 Å². The fourth-order valence-corrected chi connectivity index (χ4v) is 6.40. The number of likely N-dealkylation sites (N-methyl/N-ethyl adjacent to an activating group) is 1. The Labute approximate surface area is 227 Å². The Hall–Kier alpha value is -1.41. The number of unbranched alkanes of at least 4 members (excludes halogenated alkanes) is 1. The molecule has 1 aliphatic heterocycles. The highest BCUT2D eigenvalue weighted by molar-refractivity contribution is 6.30. The highest BCUT2D eigenvalue weighted by Crippen LogP contribution is 2.42. The van der Waals surface area contributed by atoms with Crippen molar-refractivity contribution >= 4 is 17.6 Å². The van der Waals surface area contributed by atoms with E-state index in [1.165, 1.54) is 38.2 Å². The number of rotatable bonds is 13. The van der Waals surface area contributed by atoms with Gasteiger partial charge in [-0.15, -0.1) is 0 Å². The lowest BCUT2D eigenvalue weighted by molar-refractivity contribution is -0.0589. The zero-order valence-electron chi connectivity index (χ0n) is 22.7. The van der Waals surface area contributed by atoms with E-state index in [1.807, 2.05) is 18.9 Å². The third-order valence-electron chi connectivity index (χ3n) is 8.22. The van der Waals surface area contributed by atoms with Gasteiger partial charge in [0.2, 0.25) is 0 Å². The molecule has 3 atom stereocenters. The van der Waals surface area contributed by atoms with E-state index >= 15 is 4.39 Å². The summed E-state index contributed by atoms with van der Waals surface area (Å²) in [6.07, 6.45) is 10.7. The number of hydrogen-bond acceptors (Lipinski definition) is 4. The van der Waals surface area contributed by atoms with Crippen LogP contribution in [0.1, 0.15) is 83.1 Å². The maximum Gasteiger partial charge on any atom is 0.317 e. The Morgan fingerprint density at radius 1 is 1.24 bits per heavy atom. The molecule has 3 N–H and O–H groups in total. The summed E-state index contributed by atoms with van der Waals surface area (Å²) in [6.45, 7) is 4.96. The average Bonchev–Trinajstić information content (AvgIpc) is 2.90. The van der Waals surface area contributed by atoms with Crippen LogP contribution in [0.3, 0.4) is 0 Å². The number of hydrogen-bond donors (Lipinski definition) is 3. The molecule has 6 nitrogen and oxygen atoms in total. The molecule has 1 heterocycles. The minimum atomic E-state index is -1.41. The molecule has 37 heavy (non-hydrogen) atoms. The van der Waals surface area contributed by atoms with Gasteiger partial charge in [0.15, 0.2) is 0 Å². The van der Waals surface area contributed by atoms with Crippen LogP contribution in [-0.2, 0) is 10.3 Å². The predicted octanol–water partition coefficient (Wildman–Crippen LogP) is 5.85. The molecular weight excluding hydrogens is 493 g/mol. The molecule has 8 heteroatoms. The van der Waals surface area contributed by atoms with Crippen molar-refractivity contribution in [3.63, 3.8) is 0 Å². The van der Waals surface area contributed by atoms with E-state index in [0.717, 1.165) is 32.2 Å². The molecule has 0 aromatic heterocycles. The lowest BCUT2D eigenvalue weighted by Crippen LogP contribution is -2.54. The van der Waals surface area contributed by atoms with Gasteiger partial charge in [0, 0.05) is 50.4 Å². The van der Waals surface area contributed by atoms with Crippen molar-refractivity contribution in [2.75, 3.05) is 39.9 Å². The normalized spacial score (nSPS) is 21.4. The lowest BCUT2D eigenvalue weighted by Gasteiger charge is -2.43. The van der Waals surface area contributed by atoms with Crippen LogP contribution in [-0.4, -0.2) is 62.0 Å². The summed E-state index contributed by atoms with van der Waals surface area (Å²) in [7, 11) is 1.92. The molecule has 1 saturated carbocycles. The van der Waals surface area contributed by atoms with Crippen molar-refractivity contribution in [3.05, 3.63) is 34.6 Å². The number of benzene rings is 1. The van der Waals surface area contributed by atoms with Crippen molar-refractivity contribution in [1.82, 2.24) is 15.5 Å². The van der Waals surface area contributed by atoms with Gasteiger partial charge in [0.25, 0.3) is 0 Å². The third-order valence-corrected chi connectivity index (χ3v) is 8.52. The summed E-state index contributed by atoms with van der Waals surface area (Å²) in [6, 6.07) is 4.81. The van der Waals surface area contributed by atoms with E-state index in [1.54, 1.807) is 12.1 Å². The molecule has 1 aromatic rings. The highest BCUT2D eigenvalue weighted by atomic mass is 35.5. The fraction of sp³-hybridized carbons (Fsp3) is 0.759. The molecule has 210 valence electrons. The quantitative estimate of drug-likeness (QED) is 0.275. The van der Waals surface area contributed by atoms with Crippen LogP contribution in [0.5, 0.6) is 0 Å². The second-order valence-electron chi connectivity index (χ2n) is 10.9. The summed E-state index contributed by atoms with van der Waals surface area (Å²) in [4.78, 5) is 15.2. The van der Waals surface area contributed by atoms with Crippen molar-refractivity contribution in [3.8, 4) is 0 Å². The summed E-state index contributed by atoms with van der Waals surface area (Å²) in [5.41, 5.74) is -1.18. The molecule has 2 unspecified atom stereocenters. The summed E-state index contributed by atoms with van der Waals surface area (Å²) < 4.78 is 20.7. The van der Waals surface area contributed by atoms with Crippen molar-refractivity contribution in [2.24, 2.45) is 11.8 Å². The second-order valence-corrected chi connectivity index (χ2v) is 11.3. The number of likely N-dealkylation sites (tertiary alicyclic amines) is 1. The first-order valence-corrected chi connectivity index (χ1v) is 14.7. The van der Waals surface area contributed by atoms with E-state index < -0.39 is 11.4 Å². The van der Waals surface area contributed by atoms with E-state index in [9.17, 15) is 9.90 Å². The molecule has 2 fully saturated rings. The number of aliphatic hydroxyl groups is 1. The van der Waals surface area contributed by atoms with Gasteiger partial charge >= 0.3 is 6.03 Å². The van der Waals surface area contributed by atoms with Crippen molar-refractivity contribution in [1.29, 1.82) is 0 Å². The Morgan fingerprint density at radius 2 is 2.03 bits per heavy atom. The van der Waals surface area contributed by atoms with Crippen LogP contribution in [0.25, 0.3) is 0 Å². The number of amides is 2. The second kappa shape index (κ2) is 15.2. The SMILES string of the molecule is CCOCCCCC(O)(c1cccc(Cl)c1F)[C@@H]1CCCN(C(=O)NC(CNC)CC2CCCCC2)C1. The molecule has 1 aliphatic carbocycles. The summed E-state index contributed by atoms with van der Waals surface area (Å²) >= 11 is 6.12. The Kier molecular flexibility index (Phi) is 12.4. The van der Waals surface area contributed by atoms with Gasteiger partial charge < -0.3 is 25.4 Å². The molecule has 3 rings (SSSR count). The number of carbonyl (C=O) groups excluding carboxylic acids is 1. The van der Waals surface area contributed by atoms with Crippen LogP contribution in [0.2, 0.25) is 5.02 Å². The fourth-order valence-electron chi connectivity index (χ4n) is 6.22. The maximum atomic E-state index is 15.2. The Bertz CT molecular complexity index is 839. The zero-order valence-corrected chi connectivity index (χ0v) is 23.5. The topological polar surface area (TPSA) is 73.8 Å². The number of halogens is 2. The Balaban J connectivity index is 1.71. The van der Waals surface area contributed by atoms with Gasteiger partial charge in [-0.25, -0.2) is 9.18 Å². The maximum absolute atomic E-state index is 15.2. The smallest absolute Gasteiger partial charge is 0.317 e. The number of nitrogens with one attached hydrogen (secondary N) is 2. The standard InChI is InChI=1S/C29H47ClFN3O3/c1-3-37-18-8-7-16-29(36,25-14-9-15-26(30)27(25)31)23-13-10-17-34(21-23)28(35)33-24(20-32-2)19-22-11-5-4-6-12-22/h9,14-15,22-24,32,36H,3-8,10-13,16-21H2,1-2H3,(H,33,35)/t23-,24?,29?/m1/s1. The molecule has 0 bridgehead atoms. The minimum absolute atomic E-state index is 0.00766. The van der Waals surface area contributed by atoms with Gasteiger partial charge in [0.05, 0.1) is 10.6 Å². The molecule has 0 radical (unpaired) electrons. The molecular formula is C29H47ClFN3O3. The molecule has 2 amide bonds. The van der Waals surface area contributed by atoms with Crippen molar-refractivity contribution < 1.29 is 19.0 Å². The van der Waals surface area contributed by atoms with Gasteiger partial charge in [-0.1, -0.05) is 55.8 Å². The number of piperidine rings is 1. The predicted molar refractivity (Wildman–Crippen MR) is 147 cm³/mol. The van der Waals surface area contributed by atoms with Gasteiger partial charge in [-0.2, -0.15) is 0 Å². The average molecular weight is 540 g/mol. The molecule has 0 spiro atoms. The first-order chi connectivity index (χ1) is 17.9. The minimum Gasteiger partial charge on any atom is -0.385 e. The van der Waals surface area contributed by atoms with E-state index in [-0.39, 0.29) is 28.6 Å². The van der Waals surface area contributed by atoms with Crippen LogP contribution in [0.4, 0.5) is 9.18 Å². The summed E-state index contributed by atoms with van der Waals surface area (Å²) in [5.74, 6) is -0.193. The third kappa shape index (κ3) is 8.54. The molecule has 1 aromatic carbocycles.